The van der Waals surface area contributed by atoms with E-state index in [9.17, 15) is 4.79 Å². The average molecular weight is 130 g/mol. The van der Waals surface area contributed by atoms with Crippen LogP contribution >= 0.6 is 11.8 Å². The van der Waals surface area contributed by atoms with Gasteiger partial charge in [0.2, 0.25) is 0 Å². The van der Waals surface area contributed by atoms with Gasteiger partial charge in [-0.15, -0.1) is 0 Å². The highest BCUT2D eigenvalue weighted by Gasteiger charge is 2.11. The van der Waals surface area contributed by atoms with Crippen LogP contribution in [0.5, 0.6) is 0 Å². The first-order valence-corrected chi connectivity index (χ1v) is 4.05. The summed E-state index contributed by atoms with van der Waals surface area (Å²) in [5, 5.41) is 0.323. The van der Waals surface area contributed by atoms with E-state index in [-0.39, 0.29) is 0 Å². The summed E-state index contributed by atoms with van der Waals surface area (Å²) in [6.45, 7) is 0. The van der Waals surface area contributed by atoms with Gasteiger partial charge in [-0.25, -0.2) is 0 Å². The Bertz CT molecular complexity index is 76.6. The number of thioether (sulfide) groups is 1. The minimum absolute atomic E-state index is 0.323. The predicted molar refractivity (Wildman–Crippen MR) is 36.2 cm³/mol. The molecule has 8 heavy (non-hydrogen) atoms. The molecule has 0 aliphatic carbocycles. The largest absolute Gasteiger partial charge is 0.302 e. The van der Waals surface area contributed by atoms with Crippen LogP contribution in [0.4, 0.5) is 0 Å². The van der Waals surface area contributed by atoms with Crippen LogP contribution in [0.1, 0.15) is 19.3 Å². The second-order valence-electron chi connectivity index (χ2n) is 2.04. The first-order valence-electron chi connectivity index (χ1n) is 3.00. The normalized spacial score (nSPS) is 29.8. The lowest BCUT2D eigenvalue weighted by atomic mass is 10.2. The molecule has 0 bridgehead atoms. The van der Waals surface area contributed by atoms with E-state index in [4.69, 9.17) is 0 Å². The van der Waals surface area contributed by atoms with Crippen molar-refractivity contribution in [2.75, 3.05) is 5.75 Å². The summed E-state index contributed by atoms with van der Waals surface area (Å²) in [6, 6.07) is 0. The Balaban J connectivity index is 2.22. The molecule has 1 aliphatic rings. The van der Waals surface area contributed by atoms with Crippen molar-refractivity contribution in [1.29, 1.82) is 0 Å². The first kappa shape index (κ1) is 6.14. The summed E-state index contributed by atoms with van der Waals surface area (Å²) in [4.78, 5) is 10.1. The van der Waals surface area contributed by atoms with Crippen molar-refractivity contribution in [3.05, 3.63) is 0 Å². The number of hydrogen-bond donors (Lipinski definition) is 0. The minimum atomic E-state index is 0.323. The van der Waals surface area contributed by atoms with Gasteiger partial charge in [0.1, 0.15) is 6.29 Å². The summed E-state index contributed by atoms with van der Waals surface area (Å²) < 4.78 is 0. The first-order chi connectivity index (χ1) is 3.93. The standard InChI is InChI=1S/C6H10OS/c7-5-6-3-1-2-4-8-6/h5-6H,1-4H2/t6-/m1/s1. The van der Waals surface area contributed by atoms with Gasteiger partial charge in [0.25, 0.3) is 0 Å². The summed E-state index contributed by atoms with van der Waals surface area (Å²) in [5.74, 6) is 1.18. The van der Waals surface area contributed by atoms with E-state index >= 15 is 0 Å². The van der Waals surface area contributed by atoms with E-state index in [2.05, 4.69) is 0 Å². The Morgan fingerprint density at radius 2 is 2.38 bits per heavy atom. The molecule has 1 heterocycles. The lowest BCUT2D eigenvalue weighted by Gasteiger charge is -2.14. The molecule has 0 saturated carbocycles. The van der Waals surface area contributed by atoms with Gasteiger partial charge in [0.15, 0.2) is 0 Å². The van der Waals surface area contributed by atoms with Gasteiger partial charge in [-0.2, -0.15) is 11.8 Å². The molecule has 0 radical (unpaired) electrons. The lowest BCUT2D eigenvalue weighted by molar-refractivity contribution is -0.107. The number of rotatable bonds is 1. The van der Waals surface area contributed by atoms with Crippen LogP contribution in [-0.4, -0.2) is 17.3 Å². The fourth-order valence-electron chi connectivity index (χ4n) is 0.873. The summed E-state index contributed by atoms with van der Waals surface area (Å²) in [5.41, 5.74) is 0. The van der Waals surface area contributed by atoms with Crippen molar-refractivity contribution in [1.82, 2.24) is 0 Å². The molecule has 0 aromatic carbocycles. The van der Waals surface area contributed by atoms with E-state index in [1.54, 1.807) is 11.8 Å². The van der Waals surface area contributed by atoms with Crippen molar-refractivity contribution in [2.24, 2.45) is 0 Å². The second kappa shape index (κ2) is 3.13. The summed E-state index contributed by atoms with van der Waals surface area (Å²) in [7, 11) is 0. The zero-order chi connectivity index (χ0) is 5.82. The third-order valence-corrected chi connectivity index (χ3v) is 2.67. The Kier molecular flexibility index (Phi) is 2.40. The maximum atomic E-state index is 10.1. The summed E-state index contributed by atoms with van der Waals surface area (Å²) >= 11 is 1.80. The molecule has 1 atom stereocenters. The SMILES string of the molecule is O=C[C@H]1CCCCS1. The molecule has 2 heteroatoms. The topological polar surface area (TPSA) is 17.1 Å². The van der Waals surface area contributed by atoms with Gasteiger partial charge in [-0.1, -0.05) is 6.42 Å². The molecule has 46 valence electrons. The van der Waals surface area contributed by atoms with Crippen molar-refractivity contribution >= 4 is 18.0 Å². The van der Waals surface area contributed by atoms with Gasteiger partial charge in [0, 0.05) is 0 Å². The monoisotopic (exact) mass is 130 g/mol. The number of aldehydes is 1. The van der Waals surface area contributed by atoms with Crippen LogP contribution in [0.3, 0.4) is 0 Å². The van der Waals surface area contributed by atoms with Crippen molar-refractivity contribution in [3.8, 4) is 0 Å². The Labute approximate surface area is 53.8 Å². The number of carbonyl (C=O) groups excluding carboxylic acids is 1. The highest BCUT2D eigenvalue weighted by Crippen LogP contribution is 2.22. The molecule has 1 saturated heterocycles. The molecule has 1 fully saturated rings. The van der Waals surface area contributed by atoms with Gasteiger partial charge < -0.3 is 4.79 Å². The third-order valence-electron chi connectivity index (χ3n) is 1.37. The van der Waals surface area contributed by atoms with Gasteiger partial charge in [-0.05, 0) is 18.6 Å². The van der Waals surface area contributed by atoms with E-state index in [1.807, 2.05) is 0 Å². The van der Waals surface area contributed by atoms with Crippen LogP contribution in [0, 0.1) is 0 Å². The zero-order valence-electron chi connectivity index (χ0n) is 4.80. The smallest absolute Gasteiger partial charge is 0.132 e. The number of carbonyl (C=O) groups is 1. The third kappa shape index (κ3) is 1.51. The molecule has 0 unspecified atom stereocenters. The van der Waals surface area contributed by atoms with Gasteiger partial charge >= 0.3 is 0 Å². The quantitative estimate of drug-likeness (QED) is 0.500. The number of hydrogen-bond acceptors (Lipinski definition) is 2. The molecule has 1 aliphatic heterocycles. The van der Waals surface area contributed by atoms with Crippen molar-refractivity contribution < 1.29 is 4.79 Å². The molecular formula is C6H10OS. The highest BCUT2D eigenvalue weighted by atomic mass is 32.2. The van der Waals surface area contributed by atoms with Crippen LogP contribution < -0.4 is 0 Å². The van der Waals surface area contributed by atoms with Crippen LogP contribution in [-0.2, 0) is 4.79 Å². The van der Waals surface area contributed by atoms with E-state index in [0.29, 0.717) is 5.25 Å². The fraction of sp³-hybridized carbons (Fsp3) is 0.833. The second-order valence-corrected chi connectivity index (χ2v) is 3.39. The Hall–Kier alpha value is 0.0200. The molecular weight excluding hydrogens is 120 g/mol. The van der Waals surface area contributed by atoms with Crippen LogP contribution in [0.25, 0.3) is 0 Å². The van der Waals surface area contributed by atoms with E-state index in [1.165, 1.54) is 18.6 Å². The Morgan fingerprint density at radius 3 is 2.75 bits per heavy atom. The average Bonchev–Trinajstić information content (AvgIpc) is 1.90. The molecule has 1 nitrogen and oxygen atoms in total. The van der Waals surface area contributed by atoms with Crippen LogP contribution in [0.15, 0.2) is 0 Å². The predicted octanol–water partition coefficient (Wildman–Crippen LogP) is 1.47. The molecule has 1 rings (SSSR count). The Morgan fingerprint density at radius 1 is 1.50 bits per heavy atom. The van der Waals surface area contributed by atoms with Crippen LogP contribution in [0.2, 0.25) is 0 Å². The van der Waals surface area contributed by atoms with Crippen molar-refractivity contribution in [3.63, 3.8) is 0 Å². The molecule has 0 N–H and O–H groups in total. The molecule has 0 aromatic rings. The van der Waals surface area contributed by atoms with E-state index in [0.717, 1.165) is 12.7 Å². The fourth-order valence-corrected chi connectivity index (χ4v) is 1.96. The van der Waals surface area contributed by atoms with Crippen molar-refractivity contribution in [2.45, 2.75) is 24.5 Å². The minimum Gasteiger partial charge on any atom is -0.302 e. The highest BCUT2D eigenvalue weighted by molar-refractivity contribution is 8.00. The summed E-state index contributed by atoms with van der Waals surface area (Å²) in [6.07, 6.45) is 4.73. The van der Waals surface area contributed by atoms with Gasteiger partial charge in [-0.3, -0.25) is 0 Å². The van der Waals surface area contributed by atoms with E-state index < -0.39 is 0 Å². The van der Waals surface area contributed by atoms with Gasteiger partial charge in [0.05, 0.1) is 5.25 Å². The lowest BCUT2D eigenvalue weighted by Crippen LogP contribution is -2.09. The molecule has 0 aromatic heterocycles. The molecule has 0 spiro atoms. The molecule has 0 amide bonds. The maximum absolute atomic E-state index is 10.1. The zero-order valence-corrected chi connectivity index (χ0v) is 5.62. The maximum Gasteiger partial charge on any atom is 0.132 e.